The highest BCUT2D eigenvalue weighted by Crippen LogP contribution is 2.26. The highest BCUT2D eigenvalue weighted by atomic mass is 32.2. The van der Waals surface area contributed by atoms with Gasteiger partial charge in [-0.05, 0) is 54.4 Å². The minimum atomic E-state index is -3.94. The summed E-state index contributed by atoms with van der Waals surface area (Å²) in [4.78, 5) is 11.7. The van der Waals surface area contributed by atoms with Crippen LogP contribution in [0.3, 0.4) is 0 Å². The molecule has 0 saturated carbocycles. The minimum Gasteiger partial charge on any atom is -0.466 e. The lowest BCUT2D eigenvalue weighted by Crippen LogP contribution is -2.30. The van der Waals surface area contributed by atoms with Crippen LogP contribution in [0.15, 0.2) is 83.8 Å². The van der Waals surface area contributed by atoms with E-state index >= 15 is 0 Å². The fourth-order valence-electron chi connectivity index (χ4n) is 2.96. The molecule has 3 rings (SSSR count). The topological polar surface area (TPSA) is 63.7 Å². The first-order chi connectivity index (χ1) is 14.4. The average Bonchev–Trinajstić information content (AvgIpc) is 2.74. The third-order valence-electron chi connectivity index (χ3n) is 4.45. The molecule has 7 heteroatoms. The Hall–Kier alpha value is -3.19. The van der Waals surface area contributed by atoms with E-state index in [4.69, 9.17) is 4.74 Å². The van der Waals surface area contributed by atoms with Crippen molar-refractivity contribution < 1.29 is 22.3 Å². The van der Waals surface area contributed by atoms with Gasteiger partial charge in [0.2, 0.25) is 0 Å². The van der Waals surface area contributed by atoms with Gasteiger partial charge in [0.05, 0.1) is 30.2 Å². The van der Waals surface area contributed by atoms with Crippen LogP contribution in [0.5, 0.6) is 0 Å². The third kappa shape index (κ3) is 5.24. The standard InChI is InChI=1S/C23H22FNO4S/c1-2-29-23(26)16-18-8-12-21(13-9-18)25(17-19-6-4-3-5-7-19)30(27,28)22-14-10-20(24)11-15-22/h3-15H,2,16-17H2,1H3. The number of nitrogens with zero attached hydrogens (tertiary/aromatic N) is 1. The second kappa shape index (κ2) is 9.54. The molecule has 0 aliphatic rings. The molecular weight excluding hydrogens is 405 g/mol. The number of carbonyl (C=O) groups is 1. The molecule has 0 aliphatic heterocycles. The zero-order valence-corrected chi connectivity index (χ0v) is 17.3. The van der Waals surface area contributed by atoms with Crippen molar-refractivity contribution in [2.24, 2.45) is 0 Å². The van der Waals surface area contributed by atoms with E-state index in [9.17, 15) is 17.6 Å². The summed E-state index contributed by atoms with van der Waals surface area (Å²) in [6, 6.07) is 20.6. The molecule has 5 nitrogen and oxygen atoms in total. The second-order valence-corrected chi connectivity index (χ2v) is 8.46. The summed E-state index contributed by atoms with van der Waals surface area (Å²) in [6.07, 6.45) is 0.109. The summed E-state index contributed by atoms with van der Waals surface area (Å²) in [5.74, 6) is -0.850. The summed E-state index contributed by atoms with van der Waals surface area (Å²) in [6.45, 7) is 2.15. The summed E-state index contributed by atoms with van der Waals surface area (Å²) >= 11 is 0. The van der Waals surface area contributed by atoms with Crippen LogP contribution >= 0.6 is 0 Å². The Labute approximate surface area is 175 Å². The summed E-state index contributed by atoms with van der Waals surface area (Å²) in [5.41, 5.74) is 1.96. The van der Waals surface area contributed by atoms with Crippen molar-refractivity contribution in [2.75, 3.05) is 10.9 Å². The number of esters is 1. The van der Waals surface area contributed by atoms with Crippen LogP contribution in [0.25, 0.3) is 0 Å². The number of ether oxygens (including phenoxy) is 1. The van der Waals surface area contributed by atoms with Crippen molar-refractivity contribution in [3.63, 3.8) is 0 Å². The number of hydrogen-bond acceptors (Lipinski definition) is 4. The smallest absolute Gasteiger partial charge is 0.310 e. The fourth-order valence-corrected chi connectivity index (χ4v) is 4.41. The van der Waals surface area contributed by atoms with Gasteiger partial charge in [0, 0.05) is 0 Å². The number of halogens is 1. The largest absolute Gasteiger partial charge is 0.466 e. The number of carbonyl (C=O) groups excluding carboxylic acids is 1. The van der Waals surface area contributed by atoms with Gasteiger partial charge in [-0.3, -0.25) is 9.10 Å². The van der Waals surface area contributed by atoms with Gasteiger partial charge in [-0.25, -0.2) is 12.8 Å². The van der Waals surface area contributed by atoms with E-state index in [2.05, 4.69) is 0 Å². The van der Waals surface area contributed by atoms with E-state index in [1.807, 2.05) is 30.3 Å². The molecule has 0 atom stereocenters. The quantitative estimate of drug-likeness (QED) is 0.502. The Morgan fingerprint density at radius 2 is 1.53 bits per heavy atom. The first kappa shape index (κ1) is 21.5. The zero-order valence-electron chi connectivity index (χ0n) is 16.5. The molecule has 0 unspecified atom stereocenters. The first-order valence-electron chi connectivity index (χ1n) is 9.47. The molecule has 0 radical (unpaired) electrons. The molecule has 156 valence electrons. The maximum absolute atomic E-state index is 13.3. The van der Waals surface area contributed by atoms with Crippen molar-refractivity contribution in [2.45, 2.75) is 24.8 Å². The predicted octanol–water partition coefficient (Wildman–Crippen LogP) is 4.33. The van der Waals surface area contributed by atoms with Gasteiger partial charge in [-0.2, -0.15) is 0 Å². The lowest BCUT2D eigenvalue weighted by atomic mass is 10.1. The minimum absolute atomic E-state index is 0.00423. The highest BCUT2D eigenvalue weighted by Gasteiger charge is 2.25. The molecule has 30 heavy (non-hydrogen) atoms. The molecule has 0 heterocycles. The van der Waals surface area contributed by atoms with Gasteiger partial charge in [0.15, 0.2) is 0 Å². The van der Waals surface area contributed by atoms with Crippen LogP contribution < -0.4 is 4.31 Å². The third-order valence-corrected chi connectivity index (χ3v) is 6.24. The molecule has 3 aromatic rings. The van der Waals surface area contributed by atoms with Gasteiger partial charge < -0.3 is 4.74 Å². The Morgan fingerprint density at radius 3 is 2.13 bits per heavy atom. The lowest BCUT2D eigenvalue weighted by Gasteiger charge is -2.25. The van der Waals surface area contributed by atoms with E-state index < -0.39 is 15.8 Å². The molecule has 0 aliphatic carbocycles. The maximum atomic E-state index is 13.3. The summed E-state index contributed by atoms with van der Waals surface area (Å²) in [5, 5.41) is 0. The van der Waals surface area contributed by atoms with Crippen molar-refractivity contribution >= 4 is 21.7 Å². The van der Waals surface area contributed by atoms with Gasteiger partial charge in [0.1, 0.15) is 5.82 Å². The average molecular weight is 427 g/mol. The molecule has 0 bridgehead atoms. The Morgan fingerprint density at radius 1 is 0.900 bits per heavy atom. The summed E-state index contributed by atoms with van der Waals surface area (Å²) < 4.78 is 46.2. The highest BCUT2D eigenvalue weighted by molar-refractivity contribution is 7.92. The fraction of sp³-hybridized carbons (Fsp3) is 0.174. The van der Waals surface area contributed by atoms with Crippen LogP contribution in [-0.2, 0) is 32.5 Å². The molecule has 0 saturated heterocycles. The van der Waals surface area contributed by atoms with Gasteiger partial charge >= 0.3 is 5.97 Å². The van der Waals surface area contributed by atoms with Gasteiger partial charge in [-0.15, -0.1) is 0 Å². The Balaban J connectivity index is 1.95. The maximum Gasteiger partial charge on any atom is 0.310 e. The number of rotatable bonds is 8. The van der Waals surface area contributed by atoms with E-state index in [1.165, 1.54) is 16.4 Å². The number of hydrogen-bond donors (Lipinski definition) is 0. The molecular formula is C23H22FNO4S. The molecule has 0 aromatic heterocycles. The first-order valence-corrected chi connectivity index (χ1v) is 10.9. The second-order valence-electron chi connectivity index (χ2n) is 6.60. The van der Waals surface area contributed by atoms with Crippen molar-refractivity contribution in [3.8, 4) is 0 Å². The normalized spacial score (nSPS) is 11.1. The SMILES string of the molecule is CCOC(=O)Cc1ccc(N(Cc2ccccc2)S(=O)(=O)c2ccc(F)cc2)cc1. The van der Waals surface area contributed by atoms with Crippen LogP contribution in [0, 0.1) is 5.82 Å². The molecule has 0 fully saturated rings. The van der Waals surface area contributed by atoms with Crippen molar-refractivity contribution in [1.29, 1.82) is 0 Å². The lowest BCUT2D eigenvalue weighted by molar-refractivity contribution is -0.142. The number of benzene rings is 3. The van der Waals surface area contributed by atoms with Gasteiger partial charge in [-0.1, -0.05) is 42.5 Å². The number of anilines is 1. The molecule has 0 spiro atoms. The predicted molar refractivity (Wildman–Crippen MR) is 113 cm³/mol. The van der Waals surface area contributed by atoms with Gasteiger partial charge in [0.25, 0.3) is 10.0 Å². The van der Waals surface area contributed by atoms with Crippen LogP contribution in [-0.4, -0.2) is 21.0 Å². The van der Waals surface area contributed by atoms with Crippen molar-refractivity contribution in [3.05, 3.63) is 95.8 Å². The van der Waals surface area contributed by atoms with Crippen molar-refractivity contribution in [1.82, 2.24) is 0 Å². The van der Waals surface area contributed by atoms with Crippen LogP contribution in [0.4, 0.5) is 10.1 Å². The molecule has 0 amide bonds. The summed E-state index contributed by atoms with van der Waals surface area (Å²) in [7, 11) is -3.94. The van der Waals surface area contributed by atoms with E-state index in [1.54, 1.807) is 31.2 Å². The monoisotopic (exact) mass is 427 g/mol. The molecule has 3 aromatic carbocycles. The Kier molecular flexibility index (Phi) is 6.84. The zero-order chi connectivity index (χ0) is 21.6. The number of sulfonamides is 1. The van der Waals surface area contributed by atoms with E-state index in [0.29, 0.717) is 12.3 Å². The van der Waals surface area contributed by atoms with Crippen LogP contribution in [0.2, 0.25) is 0 Å². The molecule has 0 N–H and O–H groups in total. The van der Waals surface area contributed by atoms with E-state index in [-0.39, 0.29) is 23.8 Å². The van der Waals surface area contributed by atoms with E-state index in [0.717, 1.165) is 23.3 Å². The Bertz CT molecular complexity index is 1080. The van der Waals surface area contributed by atoms with Crippen LogP contribution in [0.1, 0.15) is 18.1 Å².